The van der Waals surface area contributed by atoms with Crippen LogP contribution in [0.5, 0.6) is 0 Å². The van der Waals surface area contributed by atoms with Gasteiger partial charge in [0.05, 0.1) is 0 Å². The Labute approximate surface area is 142 Å². The summed E-state index contributed by atoms with van der Waals surface area (Å²) >= 11 is 9.46. The van der Waals surface area contributed by atoms with E-state index in [1.165, 1.54) is 0 Å². The quantitative estimate of drug-likeness (QED) is 0.443. The minimum Gasteiger partial charge on any atom is -0.322 e. The van der Waals surface area contributed by atoms with Gasteiger partial charge in [-0.2, -0.15) is 0 Å². The highest BCUT2D eigenvalue weighted by atomic mass is 35.5. The maximum Gasteiger partial charge on any atom is 0.373 e. The zero-order chi connectivity index (χ0) is 18.0. The van der Waals surface area contributed by atoms with E-state index >= 15 is 0 Å². The minimum atomic E-state index is -5.22. The Balaban J connectivity index is 0.000000339. The molecular weight excluding hydrogens is 389 g/mol. The van der Waals surface area contributed by atoms with Crippen LogP contribution in [-0.4, -0.2) is 33.4 Å². The molecule has 23 heavy (non-hydrogen) atoms. The Morgan fingerprint density at radius 3 is 0.957 bits per heavy atom. The molecule has 2 aromatic heterocycles. The number of rotatable bonds is 2. The lowest BCUT2D eigenvalue weighted by molar-refractivity contribution is 0.345. The van der Waals surface area contributed by atoms with Crippen molar-refractivity contribution < 1.29 is 28.7 Å². The van der Waals surface area contributed by atoms with Crippen LogP contribution in [0.4, 0.5) is 0 Å². The van der Waals surface area contributed by atoms with E-state index < -0.39 is 19.0 Å². The van der Waals surface area contributed by atoms with Crippen LogP contribution in [0.25, 0.3) is 0 Å². The normalized spacial score (nSPS) is 11.4. The van der Waals surface area contributed by atoms with Crippen molar-refractivity contribution in [3.8, 4) is 0 Å². The molecule has 0 aliphatic carbocycles. The molecule has 0 unspecified atom stereocenters. The smallest absolute Gasteiger partial charge is 0.322 e. The second-order valence-electron chi connectivity index (χ2n) is 3.65. The molecule has 128 valence electrons. The molecule has 0 spiro atoms. The summed E-state index contributed by atoms with van der Waals surface area (Å²) in [6, 6.07) is 11.4. The van der Waals surface area contributed by atoms with E-state index in [2.05, 4.69) is 9.97 Å². The Morgan fingerprint density at radius 1 is 0.652 bits per heavy atom. The highest BCUT2D eigenvalue weighted by Gasteiger charge is 2.58. The molecule has 4 N–H and O–H groups in total. The molecule has 0 aromatic carbocycles. The maximum absolute atomic E-state index is 10.2. The SMILES string of the molecule is O=P(O)(O)C(Cl)(Cl)P(=O)(O)O.c1ccncc1.c1ccncc1. The Hall–Kier alpha value is -0.820. The van der Waals surface area contributed by atoms with Gasteiger partial charge in [0.25, 0.3) is 0 Å². The van der Waals surface area contributed by atoms with Crippen molar-refractivity contribution in [2.75, 3.05) is 0 Å². The Bertz CT molecular complexity index is 527. The topological polar surface area (TPSA) is 141 Å². The Morgan fingerprint density at radius 2 is 0.913 bits per heavy atom. The first-order chi connectivity index (χ1) is 10.5. The molecule has 0 bridgehead atoms. The summed E-state index contributed by atoms with van der Waals surface area (Å²) in [7, 11) is -10.4. The number of halogens is 2. The van der Waals surface area contributed by atoms with Crippen LogP contribution >= 0.6 is 38.4 Å². The molecule has 0 saturated heterocycles. The fraction of sp³-hybridized carbons (Fsp3) is 0.0909. The number of alkyl halides is 2. The van der Waals surface area contributed by atoms with Crippen molar-refractivity contribution in [1.82, 2.24) is 9.97 Å². The number of aromatic nitrogens is 2. The molecule has 2 aromatic rings. The molecule has 0 saturated carbocycles. The summed E-state index contributed by atoms with van der Waals surface area (Å²) in [5.74, 6) is 0. The number of pyridine rings is 2. The molecule has 8 nitrogen and oxygen atoms in total. The number of nitrogens with zero attached hydrogens (tertiary/aromatic N) is 2. The summed E-state index contributed by atoms with van der Waals surface area (Å²) in [5.41, 5.74) is 0. The molecule has 0 atom stereocenters. The van der Waals surface area contributed by atoms with Crippen molar-refractivity contribution in [2.24, 2.45) is 0 Å². The zero-order valence-electron chi connectivity index (χ0n) is 11.4. The van der Waals surface area contributed by atoms with Crippen molar-refractivity contribution >= 4 is 38.4 Å². The van der Waals surface area contributed by atoms with Crippen LogP contribution in [0.15, 0.2) is 61.2 Å². The second kappa shape index (κ2) is 10.1. The summed E-state index contributed by atoms with van der Waals surface area (Å²) < 4.78 is 17.1. The van der Waals surface area contributed by atoms with Gasteiger partial charge in [0, 0.05) is 24.8 Å². The van der Waals surface area contributed by atoms with Gasteiger partial charge in [-0.25, -0.2) is 0 Å². The summed E-state index contributed by atoms with van der Waals surface area (Å²) in [6.07, 6.45) is 7.00. The van der Waals surface area contributed by atoms with E-state index in [0.717, 1.165) is 0 Å². The maximum atomic E-state index is 10.2. The van der Waals surface area contributed by atoms with E-state index in [9.17, 15) is 9.13 Å². The monoisotopic (exact) mass is 402 g/mol. The average Bonchev–Trinajstić information content (AvgIpc) is 2.50. The lowest BCUT2D eigenvalue weighted by Crippen LogP contribution is -2.13. The van der Waals surface area contributed by atoms with Crippen molar-refractivity contribution in [1.29, 1.82) is 0 Å². The third-order valence-corrected chi connectivity index (χ3v) is 7.44. The van der Waals surface area contributed by atoms with Gasteiger partial charge in [0.1, 0.15) is 0 Å². The minimum absolute atomic E-state index is 1.75. The zero-order valence-corrected chi connectivity index (χ0v) is 14.7. The van der Waals surface area contributed by atoms with Crippen molar-refractivity contribution in [2.45, 2.75) is 3.82 Å². The van der Waals surface area contributed by atoms with Crippen LogP contribution in [-0.2, 0) is 9.13 Å². The summed E-state index contributed by atoms with van der Waals surface area (Å²) in [4.78, 5) is 40.5. The van der Waals surface area contributed by atoms with Gasteiger partial charge in [-0.05, 0) is 24.3 Å². The molecule has 0 aliphatic heterocycles. The predicted molar refractivity (Wildman–Crippen MR) is 87.0 cm³/mol. The fourth-order valence-electron chi connectivity index (χ4n) is 0.795. The highest BCUT2D eigenvalue weighted by Crippen LogP contribution is 2.73. The molecule has 12 heteroatoms. The molecule has 2 heterocycles. The van der Waals surface area contributed by atoms with Gasteiger partial charge in [-0.15, -0.1) is 0 Å². The van der Waals surface area contributed by atoms with Gasteiger partial charge in [0.15, 0.2) is 0 Å². The van der Waals surface area contributed by atoms with Crippen molar-refractivity contribution in [3.63, 3.8) is 0 Å². The van der Waals surface area contributed by atoms with E-state index in [-0.39, 0.29) is 0 Å². The van der Waals surface area contributed by atoms with Gasteiger partial charge in [-0.1, -0.05) is 35.3 Å². The summed E-state index contributed by atoms with van der Waals surface area (Å²) in [6.45, 7) is 0. The van der Waals surface area contributed by atoms with Crippen LogP contribution in [0.1, 0.15) is 0 Å². The first-order valence-electron chi connectivity index (χ1n) is 5.69. The molecule has 0 amide bonds. The second-order valence-corrected chi connectivity index (χ2v) is 9.90. The highest BCUT2D eigenvalue weighted by molar-refractivity contribution is 7.78. The largest absolute Gasteiger partial charge is 0.373 e. The van der Waals surface area contributed by atoms with Gasteiger partial charge >= 0.3 is 19.0 Å². The lowest BCUT2D eigenvalue weighted by Gasteiger charge is -2.20. The summed E-state index contributed by atoms with van der Waals surface area (Å²) in [5, 5.41) is 0. The van der Waals surface area contributed by atoms with E-state index in [1.807, 2.05) is 36.4 Å². The van der Waals surface area contributed by atoms with E-state index in [4.69, 9.17) is 42.8 Å². The average molecular weight is 403 g/mol. The first kappa shape index (κ1) is 22.2. The van der Waals surface area contributed by atoms with Crippen LogP contribution in [0, 0.1) is 0 Å². The van der Waals surface area contributed by atoms with E-state index in [0.29, 0.717) is 0 Å². The number of hydrogen-bond donors (Lipinski definition) is 4. The third-order valence-electron chi connectivity index (χ3n) is 1.83. The standard InChI is InChI=1S/2C5H5N.CH4Cl2O6P2/c2*1-2-4-6-5-3-1;2-1(3,10(4,5)6)11(7,8)9/h2*1-5H;(H2,4,5,6)(H2,7,8,9). The molecular formula is C11H14Cl2N2O6P2. The molecule has 0 aliphatic rings. The first-order valence-corrected chi connectivity index (χ1v) is 9.67. The van der Waals surface area contributed by atoms with E-state index in [1.54, 1.807) is 24.8 Å². The lowest BCUT2D eigenvalue weighted by atomic mass is 10.5. The Kier molecular flexibility index (Phi) is 9.77. The molecule has 2 rings (SSSR count). The van der Waals surface area contributed by atoms with Crippen LogP contribution in [0.2, 0.25) is 0 Å². The van der Waals surface area contributed by atoms with Gasteiger partial charge in [0.2, 0.25) is 0 Å². The molecule has 0 fully saturated rings. The van der Waals surface area contributed by atoms with Crippen molar-refractivity contribution in [3.05, 3.63) is 61.2 Å². The van der Waals surface area contributed by atoms with Crippen LogP contribution in [0.3, 0.4) is 0 Å². The van der Waals surface area contributed by atoms with Crippen LogP contribution < -0.4 is 0 Å². The number of hydrogen-bond acceptors (Lipinski definition) is 4. The predicted octanol–water partition coefficient (Wildman–Crippen LogP) is 2.59. The third kappa shape index (κ3) is 9.15. The van der Waals surface area contributed by atoms with Gasteiger partial charge in [-0.3, -0.25) is 19.1 Å². The fourth-order valence-corrected chi connectivity index (χ4v) is 2.15. The van der Waals surface area contributed by atoms with Gasteiger partial charge < -0.3 is 19.6 Å². The molecule has 0 radical (unpaired) electrons.